The van der Waals surface area contributed by atoms with E-state index in [1.54, 1.807) is 4.68 Å². The number of hydrogen-bond donors (Lipinski definition) is 1. The molecule has 1 aromatic heterocycles. The lowest BCUT2D eigenvalue weighted by Gasteiger charge is -2.03. The summed E-state index contributed by atoms with van der Waals surface area (Å²) in [6.07, 6.45) is 1.81. The molecular formula is C13H16ClN3. The van der Waals surface area contributed by atoms with Crippen molar-refractivity contribution < 1.29 is 0 Å². The molecule has 0 aliphatic heterocycles. The van der Waals surface area contributed by atoms with Gasteiger partial charge in [0.2, 0.25) is 0 Å². The predicted molar refractivity (Wildman–Crippen MR) is 70.7 cm³/mol. The normalized spacial score (nSPS) is 10.8. The van der Waals surface area contributed by atoms with Crippen molar-refractivity contribution in [3.63, 3.8) is 0 Å². The standard InChI is InChI=1S/C13H16ClN3/c1-10-12(8-5-9-15)13(14)17(16-10)11-6-3-2-4-7-11/h2-4,6-7H,5,8-9,15H2,1H3. The summed E-state index contributed by atoms with van der Waals surface area (Å²) in [7, 11) is 0. The van der Waals surface area contributed by atoms with Gasteiger partial charge in [-0.25, -0.2) is 4.68 Å². The molecule has 1 aromatic carbocycles. The number of para-hydroxylation sites is 1. The van der Waals surface area contributed by atoms with Gasteiger partial charge in [0, 0.05) is 5.56 Å². The van der Waals surface area contributed by atoms with Crippen molar-refractivity contribution in [3.05, 3.63) is 46.7 Å². The molecule has 1 heterocycles. The number of benzene rings is 1. The second kappa shape index (κ2) is 5.34. The molecule has 2 aromatic rings. The Kier molecular flexibility index (Phi) is 3.82. The van der Waals surface area contributed by atoms with E-state index in [1.807, 2.05) is 37.3 Å². The fourth-order valence-electron chi connectivity index (χ4n) is 1.83. The van der Waals surface area contributed by atoms with E-state index in [-0.39, 0.29) is 0 Å². The third-order valence-corrected chi connectivity index (χ3v) is 3.14. The Balaban J connectivity index is 2.37. The lowest BCUT2D eigenvalue weighted by atomic mass is 10.1. The highest BCUT2D eigenvalue weighted by molar-refractivity contribution is 6.30. The molecule has 0 spiro atoms. The molecule has 2 N–H and O–H groups in total. The smallest absolute Gasteiger partial charge is 0.136 e. The predicted octanol–water partition coefficient (Wildman–Crippen LogP) is 2.73. The van der Waals surface area contributed by atoms with Gasteiger partial charge in [-0.1, -0.05) is 29.8 Å². The summed E-state index contributed by atoms with van der Waals surface area (Å²) in [4.78, 5) is 0. The van der Waals surface area contributed by atoms with Crippen LogP contribution >= 0.6 is 11.6 Å². The van der Waals surface area contributed by atoms with E-state index in [4.69, 9.17) is 17.3 Å². The van der Waals surface area contributed by atoms with Crippen molar-refractivity contribution >= 4 is 11.6 Å². The number of rotatable bonds is 4. The zero-order valence-corrected chi connectivity index (χ0v) is 10.6. The third-order valence-electron chi connectivity index (χ3n) is 2.75. The van der Waals surface area contributed by atoms with Crippen molar-refractivity contribution in [2.75, 3.05) is 6.54 Å². The van der Waals surface area contributed by atoms with Crippen molar-refractivity contribution in [3.8, 4) is 5.69 Å². The minimum atomic E-state index is 0.673. The van der Waals surface area contributed by atoms with Gasteiger partial charge >= 0.3 is 0 Å². The first kappa shape index (κ1) is 12.1. The summed E-state index contributed by atoms with van der Waals surface area (Å²) in [6, 6.07) is 9.91. The molecule has 0 bridgehead atoms. The van der Waals surface area contributed by atoms with Crippen LogP contribution in [0.4, 0.5) is 0 Å². The van der Waals surface area contributed by atoms with Gasteiger partial charge in [-0.3, -0.25) is 0 Å². The Morgan fingerprint density at radius 1 is 1.29 bits per heavy atom. The number of halogens is 1. The molecule has 17 heavy (non-hydrogen) atoms. The maximum atomic E-state index is 6.36. The van der Waals surface area contributed by atoms with Gasteiger partial charge in [-0.05, 0) is 38.4 Å². The fraction of sp³-hybridized carbons (Fsp3) is 0.308. The van der Waals surface area contributed by atoms with Crippen LogP contribution in [0.25, 0.3) is 5.69 Å². The fourth-order valence-corrected chi connectivity index (χ4v) is 2.20. The van der Waals surface area contributed by atoms with Crippen molar-refractivity contribution in [2.24, 2.45) is 5.73 Å². The van der Waals surface area contributed by atoms with Crippen LogP contribution in [0.3, 0.4) is 0 Å². The Bertz CT molecular complexity index is 491. The zero-order valence-electron chi connectivity index (χ0n) is 9.86. The molecule has 0 saturated heterocycles. The van der Waals surface area contributed by atoms with Crippen LogP contribution in [0.2, 0.25) is 5.15 Å². The minimum Gasteiger partial charge on any atom is -0.330 e. The highest BCUT2D eigenvalue weighted by Crippen LogP contribution is 2.24. The van der Waals surface area contributed by atoms with Gasteiger partial charge in [0.05, 0.1) is 11.4 Å². The minimum absolute atomic E-state index is 0.673. The lowest BCUT2D eigenvalue weighted by molar-refractivity contribution is 0.828. The molecule has 0 aliphatic carbocycles. The van der Waals surface area contributed by atoms with Crippen LogP contribution in [0.15, 0.2) is 30.3 Å². The number of aryl methyl sites for hydroxylation is 1. The molecule has 4 heteroatoms. The summed E-state index contributed by atoms with van der Waals surface area (Å²) in [5.74, 6) is 0. The third kappa shape index (κ3) is 2.51. The Hall–Kier alpha value is -1.32. The largest absolute Gasteiger partial charge is 0.330 e. The number of nitrogens with zero attached hydrogens (tertiary/aromatic N) is 2. The monoisotopic (exact) mass is 249 g/mol. The van der Waals surface area contributed by atoms with Crippen molar-refractivity contribution in [2.45, 2.75) is 19.8 Å². The van der Waals surface area contributed by atoms with Crippen LogP contribution in [0.5, 0.6) is 0 Å². The summed E-state index contributed by atoms with van der Waals surface area (Å²) < 4.78 is 1.78. The van der Waals surface area contributed by atoms with E-state index in [0.717, 1.165) is 29.8 Å². The topological polar surface area (TPSA) is 43.8 Å². The van der Waals surface area contributed by atoms with Gasteiger partial charge in [0.15, 0.2) is 0 Å². The first-order valence-corrected chi connectivity index (χ1v) is 6.11. The van der Waals surface area contributed by atoms with Crippen LogP contribution in [-0.2, 0) is 6.42 Å². The van der Waals surface area contributed by atoms with E-state index < -0.39 is 0 Å². The molecule has 0 aliphatic rings. The maximum Gasteiger partial charge on any atom is 0.136 e. The van der Waals surface area contributed by atoms with Crippen molar-refractivity contribution in [1.29, 1.82) is 0 Å². The van der Waals surface area contributed by atoms with E-state index in [2.05, 4.69) is 5.10 Å². The molecule has 0 saturated carbocycles. The van der Waals surface area contributed by atoms with Gasteiger partial charge in [-0.15, -0.1) is 0 Å². The molecule has 2 rings (SSSR count). The molecule has 0 radical (unpaired) electrons. The van der Waals surface area contributed by atoms with Crippen LogP contribution in [-0.4, -0.2) is 16.3 Å². The summed E-state index contributed by atoms with van der Waals surface area (Å²) in [5.41, 5.74) is 8.59. The molecular weight excluding hydrogens is 234 g/mol. The van der Waals surface area contributed by atoms with E-state index in [9.17, 15) is 0 Å². The number of nitrogens with two attached hydrogens (primary N) is 1. The maximum absolute atomic E-state index is 6.36. The second-order valence-corrected chi connectivity index (χ2v) is 4.35. The molecule has 90 valence electrons. The number of aromatic nitrogens is 2. The average molecular weight is 250 g/mol. The van der Waals surface area contributed by atoms with Gasteiger partial charge in [0.25, 0.3) is 0 Å². The zero-order chi connectivity index (χ0) is 12.3. The van der Waals surface area contributed by atoms with Gasteiger partial charge in [-0.2, -0.15) is 5.10 Å². The number of hydrogen-bond acceptors (Lipinski definition) is 2. The van der Waals surface area contributed by atoms with E-state index >= 15 is 0 Å². The van der Waals surface area contributed by atoms with Crippen molar-refractivity contribution in [1.82, 2.24) is 9.78 Å². The van der Waals surface area contributed by atoms with Gasteiger partial charge < -0.3 is 5.73 Å². The van der Waals surface area contributed by atoms with Crippen LogP contribution in [0.1, 0.15) is 17.7 Å². The van der Waals surface area contributed by atoms with Crippen LogP contribution < -0.4 is 5.73 Å². The quantitative estimate of drug-likeness (QED) is 0.906. The molecule has 0 unspecified atom stereocenters. The van der Waals surface area contributed by atoms with Crippen LogP contribution in [0, 0.1) is 6.92 Å². The highest BCUT2D eigenvalue weighted by atomic mass is 35.5. The summed E-state index contributed by atoms with van der Waals surface area (Å²) >= 11 is 6.36. The summed E-state index contributed by atoms with van der Waals surface area (Å²) in [6.45, 7) is 2.66. The highest BCUT2D eigenvalue weighted by Gasteiger charge is 2.13. The Morgan fingerprint density at radius 2 is 2.00 bits per heavy atom. The molecule has 0 fully saturated rings. The van der Waals surface area contributed by atoms with E-state index in [1.165, 1.54) is 0 Å². The lowest BCUT2D eigenvalue weighted by Crippen LogP contribution is -2.01. The molecule has 0 amide bonds. The average Bonchev–Trinajstić information content (AvgIpc) is 2.64. The van der Waals surface area contributed by atoms with E-state index in [0.29, 0.717) is 11.7 Å². The first-order valence-electron chi connectivity index (χ1n) is 5.73. The Morgan fingerprint density at radius 3 is 2.65 bits per heavy atom. The Labute approximate surface area is 106 Å². The summed E-state index contributed by atoms with van der Waals surface area (Å²) in [5, 5.41) is 5.17. The molecule has 3 nitrogen and oxygen atoms in total. The van der Waals surface area contributed by atoms with Gasteiger partial charge in [0.1, 0.15) is 5.15 Å². The second-order valence-electron chi connectivity index (χ2n) is 3.99. The first-order chi connectivity index (χ1) is 8.24. The SMILES string of the molecule is Cc1nn(-c2ccccc2)c(Cl)c1CCCN. The molecule has 0 atom stereocenters.